The van der Waals surface area contributed by atoms with Crippen LogP contribution in [0.3, 0.4) is 0 Å². The van der Waals surface area contributed by atoms with Crippen molar-refractivity contribution in [2.24, 2.45) is 0 Å². The minimum absolute atomic E-state index is 0.190. The van der Waals surface area contributed by atoms with Gasteiger partial charge in [-0.2, -0.15) is 0 Å². The maximum atomic E-state index is 11.3. The zero-order valence-corrected chi connectivity index (χ0v) is 11.0. The molecule has 2 aromatic carbocycles. The van der Waals surface area contributed by atoms with Gasteiger partial charge in [-0.25, -0.2) is 4.79 Å². The number of nitrogens with one attached hydrogen (secondary N) is 1. The van der Waals surface area contributed by atoms with Gasteiger partial charge in [0.1, 0.15) is 0 Å². The molecule has 102 valence electrons. The van der Waals surface area contributed by atoms with Crippen molar-refractivity contribution in [1.29, 1.82) is 0 Å². The van der Waals surface area contributed by atoms with Crippen LogP contribution in [-0.4, -0.2) is 17.1 Å². The lowest BCUT2D eigenvalue weighted by Crippen LogP contribution is -2.22. The number of nitrogen functional groups attached to an aromatic ring is 1. The largest absolute Gasteiger partial charge is 0.478 e. The molecule has 0 amide bonds. The summed E-state index contributed by atoms with van der Waals surface area (Å²) < 4.78 is 0. The quantitative estimate of drug-likeness (QED) is 0.748. The number of fused-ring (bicyclic) bond motifs is 1. The van der Waals surface area contributed by atoms with Gasteiger partial charge in [-0.3, -0.25) is 0 Å². The average Bonchev–Trinajstić information content (AvgIpc) is 2.83. The van der Waals surface area contributed by atoms with Gasteiger partial charge in [0, 0.05) is 6.04 Å². The Labute approximate surface area is 117 Å². The maximum absolute atomic E-state index is 11.3. The Balaban J connectivity index is 1.85. The smallest absolute Gasteiger partial charge is 0.337 e. The highest BCUT2D eigenvalue weighted by atomic mass is 16.4. The average molecular weight is 268 g/mol. The molecule has 0 aliphatic heterocycles. The first-order valence-electron chi connectivity index (χ1n) is 6.60. The van der Waals surface area contributed by atoms with E-state index in [1.807, 2.05) is 12.1 Å². The van der Waals surface area contributed by atoms with Crippen LogP contribution in [-0.2, 0) is 12.8 Å². The van der Waals surface area contributed by atoms with Crippen LogP contribution in [0.2, 0.25) is 0 Å². The summed E-state index contributed by atoms with van der Waals surface area (Å²) >= 11 is 0. The van der Waals surface area contributed by atoms with Gasteiger partial charge in [-0.05, 0) is 36.1 Å². The minimum Gasteiger partial charge on any atom is -0.478 e. The Morgan fingerprint density at radius 1 is 1.10 bits per heavy atom. The molecule has 4 nitrogen and oxygen atoms in total. The van der Waals surface area contributed by atoms with Gasteiger partial charge in [-0.15, -0.1) is 0 Å². The van der Waals surface area contributed by atoms with E-state index in [1.54, 1.807) is 18.2 Å². The first-order valence-corrected chi connectivity index (χ1v) is 6.60. The van der Waals surface area contributed by atoms with Crippen LogP contribution in [0, 0.1) is 0 Å². The lowest BCUT2D eigenvalue weighted by Gasteiger charge is -2.17. The molecule has 4 heteroatoms. The highest BCUT2D eigenvalue weighted by Gasteiger charge is 2.23. The number of carboxylic acids is 1. The van der Waals surface area contributed by atoms with Gasteiger partial charge in [0.2, 0.25) is 0 Å². The first-order chi connectivity index (χ1) is 9.65. The van der Waals surface area contributed by atoms with E-state index in [2.05, 4.69) is 17.4 Å². The maximum Gasteiger partial charge on any atom is 0.337 e. The molecular weight excluding hydrogens is 252 g/mol. The summed E-state index contributed by atoms with van der Waals surface area (Å²) in [5, 5.41) is 12.5. The number of hydrogen-bond donors (Lipinski definition) is 3. The van der Waals surface area contributed by atoms with Crippen LogP contribution < -0.4 is 11.1 Å². The van der Waals surface area contributed by atoms with E-state index >= 15 is 0 Å². The molecule has 0 spiro atoms. The molecule has 0 fully saturated rings. The van der Waals surface area contributed by atoms with Gasteiger partial charge in [0.15, 0.2) is 0 Å². The fourth-order valence-electron chi connectivity index (χ4n) is 2.77. The SMILES string of the molecule is Nc1cccc(C(=O)O)c1NC1Cc2ccccc2C1. The van der Waals surface area contributed by atoms with Gasteiger partial charge in [0.25, 0.3) is 0 Å². The van der Waals surface area contributed by atoms with E-state index in [9.17, 15) is 9.90 Å². The van der Waals surface area contributed by atoms with Crippen LogP contribution in [0.1, 0.15) is 21.5 Å². The minimum atomic E-state index is -0.963. The number of nitrogens with two attached hydrogens (primary N) is 1. The van der Waals surface area contributed by atoms with Crippen LogP contribution in [0.5, 0.6) is 0 Å². The van der Waals surface area contributed by atoms with Crippen molar-refractivity contribution in [3.63, 3.8) is 0 Å². The van der Waals surface area contributed by atoms with Gasteiger partial charge < -0.3 is 16.2 Å². The molecule has 0 unspecified atom stereocenters. The number of benzene rings is 2. The van der Waals surface area contributed by atoms with Crippen molar-refractivity contribution < 1.29 is 9.90 Å². The van der Waals surface area contributed by atoms with E-state index < -0.39 is 5.97 Å². The molecule has 0 heterocycles. The Morgan fingerprint density at radius 3 is 2.35 bits per heavy atom. The second kappa shape index (κ2) is 4.89. The highest BCUT2D eigenvalue weighted by molar-refractivity contribution is 5.97. The molecule has 0 saturated heterocycles. The van der Waals surface area contributed by atoms with Crippen molar-refractivity contribution in [3.05, 3.63) is 59.2 Å². The van der Waals surface area contributed by atoms with Crippen LogP contribution in [0.25, 0.3) is 0 Å². The van der Waals surface area contributed by atoms with Crippen LogP contribution in [0.4, 0.5) is 11.4 Å². The molecule has 1 aliphatic carbocycles. The predicted octanol–water partition coefficient (Wildman–Crippen LogP) is 2.55. The normalized spacial score (nSPS) is 14.0. The van der Waals surface area contributed by atoms with Gasteiger partial charge in [0.05, 0.1) is 16.9 Å². The summed E-state index contributed by atoms with van der Waals surface area (Å²) in [7, 11) is 0. The topological polar surface area (TPSA) is 75.4 Å². The van der Waals surface area contributed by atoms with Crippen molar-refractivity contribution in [1.82, 2.24) is 0 Å². The first kappa shape index (κ1) is 12.5. The molecule has 4 N–H and O–H groups in total. The van der Waals surface area contributed by atoms with E-state index in [1.165, 1.54) is 11.1 Å². The third-order valence-electron chi connectivity index (χ3n) is 3.73. The molecule has 1 aliphatic rings. The number of carbonyl (C=O) groups is 1. The third kappa shape index (κ3) is 2.20. The monoisotopic (exact) mass is 268 g/mol. The van der Waals surface area contributed by atoms with Crippen LogP contribution in [0.15, 0.2) is 42.5 Å². The molecule has 3 rings (SSSR count). The summed E-state index contributed by atoms with van der Waals surface area (Å²) in [6, 6.07) is 13.4. The van der Waals surface area contributed by atoms with Crippen LogP contribution >= 0.6 is 0 Å². The standard InChI is InChI=1S/C16H16N2O2/c17-14-7-3-6-13(16(19)20)15(14)18-12-8-10-4-1-2-5-11(10)9-12/h1-7,12,18H,8-9,17H2,(H,19,20). The third-order valence-corrected chi connectivity index (χ3v) is 3.73. The Hall–Kier alpha value is -2.49. The van der Waals surface area contributed by atoms with E-state index in [0.29, 0.717) is 11.4 Å². The molecule has 2 aromatic rings. The van der Waals surface area contributed by atoms with E-state index in [-0.39, 0.29) is 11.6 Å². The van der Waals surface area contributed by atoms with E-state index in [0.717, 1.165) is 12.8 Å². The van der Waals surface area contributed by atoms with Crippen molar-refractivity contribution in [2.45, 2.75) is 18.9 Å². The summed E-state index contributed by atoms with van der Waals surface area (Å²) in [5.74, 6) is -0.963. The molecule has 0 aromatic heterocycles. The highest BCUT2D eigenvalue weighted by Crippen LogP contribution is 2.29. The molecule has 0 saturated carbocycles. The van der Waals surface area contributed by atoms with Crippen molar-refractivity contribution >= 4 is 17.3 Å². The lowest BCUT2D eigenvalue weighted by atomic mass is 10.1. The van der Waals surface area contributed by atoms with Gasteiger partial charge in [-0.1, -0.05) is 30.3 Å². The Kier molecular flexibility index (Phi) is 3.06. The summed E-state index contributed by atoms with van der Waals surface area (Å²) in [6.45, 7) is 0. The van der Waals surface area contributed by atoms with Crippen molar-refractivity contribution in [3.8, 4) is 0 Å². The molecule has 0 radical (unpaired) electrons. The van der Waals surface area contributed by atoms with E-state index in [4.69, 9.17) is 5.73 Å². The molecular formula is C16H16N2O2. The predicted molar refractivity (Wildman–Crippen MR) is 79.1 cm³/mol. The summed E-state index contributed by atoms with van der Waals surface area (Å²) in [5.41, 5.74) is 9.77. The lowest BCUT2D eigenvalue weighted by molar-refractivity contribution is 0.0698. The second-order valence-electron chi connectivity index (χ2n) is 5.09. The number of carboxylic acid groups (broad SMARTS) is 1. The zero-order chi connectivity index (χ0) is 14.1. The Morgan fingerprint density at radius 2 is 1.75 bits per heavy atom. The molecule has 0 bridgehead atoms. The Bertz CT molecular complexity index is 642. The summed E-state index contributed by atoms with van der Waals surface area (Å²) in [6.07, 6.45) is 1.78. The fourth-order valence-corrected chi connectivity index (χ4v) is 2.77. The van der Waals surface area contributed by atoms with Gasteiger partial charge >= 0.3 is 5.97 Å². The zero-order valence-electron chi connectivity index (χ0n) is 11.0. The number of rotatable bonds is 3. The summed E-state index contributed by atoms with van der Waals surface area (Å²) in [4.78, 5) is 11.3. The number of para-hydroxylation sites is 1. The number of hydrogen-bond acceptors (Lipinski definition) is 3. The molecule has 0 atom stereocenters. The van der Waals surface area contributed by atoms with Crippen molar-refractivity contribution in [2.75, 3.05) is 11.1 Å². The molecule has 20 heavy (non-hydrogen) atoms. The fraction of sp³-hybridized carbons (Fsp3) is 0.188. The number of aromatic carboxylic acids is 1. The number of anilines is 2. The second-order valence-corrected chi connectivity index (χ2v) is 5.09.